The maximum absolute atomic E-state index is 13.4. The minimum absolute atomic E-state index is 0.261. The number of para-hydroxylation sites is 1. The topological polar surface area (TPSA) is 30.5 Å². The minimum atomic E-state index is -0.261. The number of hydrogen-bond donors (Lipinski definition) is 1. The molecule has 2 aromatic rings. The molecule has 0 spiro atoms. The van der Waals surface area contributed by atoms with Gasteiger partial charge in [-0.3, -0.25) is 0 Å². The molecule has 0 aliphatic rings. The quantitative estimate of drug-likeness (QED) is 0.894. The molecule has 0 aliphatic carbocycles. The Kier molecular flexibility index (Phi) is 4.23. The van der Waals surface area contributed by atoms with Crippen molar-refractivity contribution in [2.45, 2.75) is 6.54 Å². The van der Waals surface area contributed by atoms with E-state index < -0.39 is 0 Å². The zero-order valence-corrected chi connectivity index (χ0v) is 10.9. The lowest BCUT2D eigenvalue weighted by Crippen LogP contribution is -2.02. The van der Waals surface area contributed by atoms with Gasteiger partial charge in [-0.15, -0.1) is 0 Å². The van der Waals surface area contributed by atoms with Gasteiger partial charge in [0.15, 0.2) is 11.5 Å². The SMILES string of the molecule is COc1ccc(CNc2ccccc2F)cc1OC. The molecule has 0 heterocycles. The molecule has 1 N–H and O–H groups in total. The molecule has 3 nitrogen and oxygen atoms in total. The fourth-order valence-electron chi connectivity index (χ4n) is 1.79. The lowest BCUT2D eigenvalue weighted by molar-refractivity contribution is 0.354. The second kappa shape index (κ2) is 6.09. The molecule has 0 radical (unpaired) electrons. The number of ether oxygens (including phenoxy) is 2. The van der Waals surface area contributed by atoms with Crippen LogP contribution < -0.4 is 14.8 Å². The van der Waals surface area contributed by atoms with Gasteiger partial charge >= 0.3 is 0 Å². The number of halogens is 1. The van der Waals surface area contributed by atoms with E-state index in [-0.39, 0.29) is 5.82 Å². The van der Waals surface area contributed by atoms with Gasteiger partial charge in [-0.25, -0.2) is 4.39 Å². The summed E-state index contributed by atoms with van der Waals surface area (Å²) < 4.78 is 23.8. The molecule has 19 heavy (non-hydrogen) atoms. The lowest BCUT2D eigenvalue weighted by Gasteiger charge is -2.11. The van der Waals surface area contributed by atoms with Crippen LogP contribution in [0, 0.1) is 5.82 Å². The van der Waals surface area contributed by atoms with Gasteiger partial charge in [0.05, 0.1) is 19.9 Å². The Morgan fingerprint density at radius 3 is 2.42 bits per heavy atom. The van der Waals surface area contributed by atoms with Crippen LogP contribution in [0.2, 0.25) is 0 Å². The maximum atomic E-state index is 13.4. The zero-order valence-electron chi connectivity index (χ0n) is 10.9. The monoisotopic (exact) mass is 261 g/mol. The van der Waals surface area contributed by atoms with Crippen LogP contribution in [-0.2, 0) is 6.54 Å². The first-order valence-electron chi connectivity index (χ1n) is 5.94. The first kappa shape index (κ1) is 13.2. The van der Waals surface area contributed by atoms with E-state index in [1.54, 1.807) is 32.4 Å². The van der Waals surface area contributed by atoms with E-state index in [2.05, 4.69) is 5.32 Å². The molecule has 0 aromatic heterocycles. The van der Waals surface area contributed by atoms with E-state index >= 15 is 0 Å². The molecule has 4 heteroatoms. The van der Waals surface area contributed by atoms with Gasteiger partial charge < -0.3 is 14.8 Å². The highest BCUT2D eigenvalue weighted by Crippen LogP contribution is 2.27. The summed E-state index contributed by atoms with van der Waals surface area (Å²) in [5.74, 6) is 1.08. The number of rotatable bonds is 5. The van der Waals surface area contributed by atoms with E-state index in [4.69, 9.17) is 9.47 Å². The predicted molar refractivity (Wildman–Crippen MR) is 73.3 cm³/mol. The van der Waals surface area contributed by atoms with Crippen molar-refractivity contribution in [2.75, 3.05) is 19.5 Å². The molecule has 0 amide bonds. The van der Waals surface area contributed by atoms with Crippen LogP contribution in [0.5, 0.6) is 11.5 Å². The van der Waals surface area contributed by atoms with E-state index in [1.807, 2.05) is 18.2 Å². The van der Waals surface area contributed by atoms with Crippen LogP contribution in [-0.4, -0.2) is 14.2 Å². The normalized spacial score (nSPS) is 10.1. The van der Waals surface area contributed by atoms with Gasteiger partial charge in [0.1, 0.15) is 5.82 Å². The minimum Gasteiger partial charge on any atom is -0.493 e. The molecule has 0 atom stereocenters. The lowest BCUT2D eigenvalue weighted by atomic mass is 10.2. The molecular weight excluding hydrogens is 245 g/mol. The van der Waals surface area contributed by atoms with Crippen molar-refractivity contribution >= 4 is 5.69 Å². The van der Waals surface area contributed by atoms with Crippen molar-refractivity contribution in [2.24, 2.45) is 0 Å². The number of hydrogen-bond acceptors (Lipinski definition) is 3. The Balaban J connectivity index is 2.10. The highest BCUT2D eigenvalue weighted by atomic mass is 19.1. The third kappa shape index (κ3) is 3.16. The largest absolute Gasteiger partial charge is 0.493 e. The molecule has 0 unspecified atom stereocenters. The third-order valence-corrected chi connectivity index (χ3v) is 2.80. The summed E-state index contributed by atoms with van der Waals surface area (Å²) in [5.41, 5.74) is 1.47. The van der Waals surface area contributed by atoms with Gasteiger partial charge in [0.25, 0.3) is 0 Å². The number of anilines is 1. The Morgan fingerprint density at radius 1 is 1.00 bits per heavy atom. The average molecular weight is 261 g/mol. The van der Waals surface area contributed by atoms with Crippen molar-refractivity contribution < 1.29 is 13.9 Å². The number of benzene rings is 2. The van der Waals surface area contributed by atoms with Crippen molar-refractivity contribution in [1.82, 2.24) is 0 Å². The van der Waals surface area contributed by atoms with E-state index in [9.17, 15) is 4.39 Å². The Morgan fingerprint density at radius 2 is 1.74 bits per heavy atom. The fraction of sp³-hybridized carbons (Fsp3) is 0.200. The summed E-state index contributed by atoms with van der Waals surface area (Å²) in [7, 11) is 3.18. The fourth-order valence-corrected chi connectivity index (χ4v) is 1.79. The molecule has 0 fully saturated rings. The third-order valence-electron chi connectivity index (χ3n) is 2.80. The Hall–Kier alpha value is -2.23. The number of methoxy groups -OCH3 is 2. The van der Waals surface area contributed by atoms with Crippen molar-refractivity contribution in [3.63, 3.8) is 0 Å². The standard InChI is InChI=1S/C15H16FNO2/c1-18-14-8-7-11(9-15(14)19-2)10-17-13-6-4-3-5-12(13)16/h3-9,17H,10H2,1-2H3. The van der Waals surface area contributed by atoms with Crippen LogP contribution in [0.15, 0.2) is 42.5 Å². The van der Waals surface area contributed by atoms with Crippen molar-refractivity contribution in [3.05, 3.63) is 53.8 Å². The molecule has 0 saturated heterocycles. The van der Waals surface area contributed by atoms with Gasteiger partial charge in [-0.05, 0) is 29.8 Å². The summed E-state index contributed by atoms with van der Waals surface area (Å²) in [6, 6.07) is 12.2. The Bertz CT molecular complexity index is 558. The second-order valence-electron chi connectivity index (χ2n) is 4.02. The average Bonchev–Trinajstić information content (AvgIpc) is 2.46. The van der Waals surface area contributed by atoms with Gasteiger partial charge in [-0.2, -0.15) is 0 Å². The van der Waals surface area contributed by atoms with Crippen LogP contribution in [0.4, 0.5) is 10.1 Å². The molecular formula is C15H16FNO2. The van der Waals surface area contributed by atoms with Crippen molar-refractivity contribution in [3.8, 4) is 11.5 Å². The summed E-state index contributed by atoms with van der Waals surface area (Å²) >= 11 is 0. The molecule has 2 aromatic carbocycles. The summed E-state index contributed by atoms with van der Waals surface area (Å²) in [5, 5.41) is 3.05. The first-order valence-corrected chi connectivity index (χ1v) is 5.94. The molecule has 2 rings (SSSR count). The summed E-state index contributed by atoms with van der Waals surface area (Å²) in [6.45, 7) is 0.515. The van der Waals surface area contributed by atoms with E-state index in [1.165, 1.54) is 6.07 Å². The summed E-state index contributed by atoms with van der Waals surface area (Å²) in [4.78, 5) is 0. The molecule has 100 valence electrons. The van der Waals surface area contributed by atoms with Gasteiger partial charge in [0, 0.05) is 6.54 Å². The highest BCUT2D eigenvalue weighted by molar-refractivity contribution is 5.47. The zero-order chi connectivity index (χ0) is 13.7. The van der Waals surface area contributed by atoms with Gasteiger partial charge in [-0.1, -0.05) is 18.2 Å². The molecule has 0 bridgehead atoms. The van der Waals surface area contributed by atoms with E-state index in [0.717, 1.165) is 5.56 Å². The summed E-state index contributed by atoms with van der Waals surface area (Å²) in [6.07, 6.45) is 0. The number of nitrogens with one attached hydrogen (secondary N) is 1. The smallest absolute Gasteiger partial charge is 0.161 e. The van der Waals surface area contributed by atoms with Crippen LogP contribution >= 0.6 is 0 Å². The second-order valence-corrected chi connectivity index (χ2v) is 4.02. The first-order chi connectivity index (χ1) is 9.24. The van der Waals surface area contributed by atoms with Crippen LogP contribution in [0.3, 0.4) is 0 Å². The Labute approximate surface area is 112 Å². The highest BCUT2D eigenvalue weighted by Gasteiger charge is 2.05. The van der Waals surface area contributed by atoms with Crippen molar-refractivity contribution in [1.29, 1.82) is 0 Å². The maximum Gasteiger partial charge on any atom is 0.161 e. The molecule has 0 saturated carbocycles. The predicted octanol–water partition coefficient (Wildman–Crippen LogP) is 3.46. The molecule has 0 aliphatic heterocycles. The van der Waals surface area contributed by atoms with Crippen LogP contribution in [0.25, 0.3) is 0 Å². The van der Waals surface area contributed by atoms with E-state index in [0.29, 0.717) is 23.7 Å². The van der Waals surface area contributed by atoms with Gasteiger partial charge in [0.2, 0.25) is 0 Å². The van der Waals surface area contributed by atoms with Crippen LogP contribution in [0.1, 0.15) is 5.56 Å².